The Labute approximate surface area is 128 Å². The van der Waals surface area contributed by atoms with E-state index < -0.39 is 0 Å². The molecule has 108 valence electrons. The zero-order chi connectivity index (χ0) is 14.8. The van der Waals surface area contributed by atoms with Gasteiger partial charge in [-0.15, -0.1) is 0 Å². The Hall–Kier alpha value is -2.00. The van der Waals surface area contributed by atoms with Gasteiger partial charge in [0.2, 0.25) is 0 Å². The molecule has 0 aliphatic heterocycles. The zero-order valence-corrected chi connectivity index (χ0v) is 12.4. The molecule has 0 spiro atoms. The van der Waals surface area contributed by atoms with Crippen LogP contribution in [0.5, 0.6) is 5.75 Å². The summed E-state index contributed by atoms with van der Waals surface area (Å²) in [5, 5.41) is 13.6. The first-order valence-corrected chi connectivity index (χ1v) is 7.22. The van der Waals surface area contributed by atoms with Gasteiger partial charge in [0.25, 0.3) is 0 Å². The third-order valence-corrected chi connectivity index (χ3v) is 4.19. The predicted molar refractivity (Wildman–Crippen MR) is 83.6 cm³/mol. The second-order valence-corrected chi connectivity index (χ2v) is 5.65. The fourth-order valence-electron chi connectivity index (χ4n) is 2.68. The Morgan fingerprint density at radius 2 is 1.81 bits per heavy atom. The summed E-state index contributed by atoms with van der Waals surface area (Å²) < 4.78 is 5.15. The van der Waals surface area contributed by atoms with Crippen molar-refractivity contribution in [1.82, 2.24) is 0 Å². The molecule has 0 heterocycles. The molecule has 1 saturated carbocycles. The molecule has 1 N–H and O–H groups in total. The highest BCUT2D eigenvalue weighted by Gasteiger charge is 2.42. The molecular formula is C17H16ClNO2. The van der Waals surface area contributed by atoms with Crippen LogP contribution in [-0.2, 0) is 0 Å². The normalized spacial score (nSPS) is 21.1. The molecule has 21 heavy (non-hydrogen) atoms. The molecule has 0 radical (unpaired) electrons. The van der Waals surface area contributed by atoms with Gasteiger partial charge in [-0.2, -0.15) is 0 Å². The molecular weight excluding hydrogens is 286 g/mol. The largest absolute Gasteiger partial charge is 0.497 e. The van der Waals surface area contributed by atoms with Gasteiger partial charge >= 0.3 is 0 Å². The van der Waals surface area contributed by atoms with Crippen LogP contribution < -0.4 is 4.74 Å². The van der Waals surface area contributed by atoms with Crippen molar-refractivity contribution >= 4 is 17.3 Å². The van der Waals surface area contributed by atoms with E-state index in [-0.39, 0.29) is 5.92 Å². The van der Waals surface area contributed by atoms with E-state index in [1.807, 2.05) is 48.5 Å². The molecule has 3 rings (SSSR count). The molecule has 4 heteroatoms. The van der Waals surface area contributed by atoms with E-state index in [2.05, 4.69) is 5.16 Å². The number of nitrogens with zero attached hydrogens (tertiary/aromatic N) is 1. The van der Waals surface area contributed by atoms with Crippen LogP contribution in [0.25, 0.3) is 0 Å². The van der Waals surface area contributed by atoms with Gasteiger partial charge in [-0.05, 0) is 59.9 Å². The van der Waals surface area contributed by atoms with Gasteiger partial charge in [-0.1, -0.05) is 28.9 Å². The van der Waals surface area contributed by atoms with Crippen molar-refractivity contribution in [3.05, 3.63) is 64.7 Å². The van der Waals surface area contributed by atoms with Crippen LogP contribution in [0.2, 0.25) is 5.02 Å². The lowest BCUT2D eigenvalue weighted by Gasteiger charge is -2.06. The lowest BCUT2D eigenvalue weighted by Crippen LogP contribution is -2.05. The van der Waals surface area contributed by atoms with Crippen LogP contribution in [0.3, 0.4) is 0 Å². The van der Waals surface area contributed by atoms with Crippen molar-refractivity contribution in [2.75, 3.05) is 7.11 Å². The first kappa shape index (κ1) is 14.0. The first-order chi connectivity index (χ1) is 10.2. The van der Waals surface area contributed by atoms with E-state index >= 15 is 0 Å². The second-order valence-electron chi connectivity index (χ2n) is 5.21. The summed E-state index contributed by atoms with van der Waals surface area (Å²) in [4.78, 5) is 0. The summed E-state index contributed by atoms with van der Waals surface area (Å²) >= 11 is 5.91. The average Bonchev–Trinajstić information content (AvgIpc) is 3.30. The minimum Gasteiger partial charge on any atom is -0.497 e. The Morgan fingerprint density at radius 3 is 2.38 bits per heavy atom. The van der Waals surface area contributed by atoms with Crippen molar-refractivity contribution in [1.29, 1.82) is 0 Å². The molecule has 3 nitrogen and oxygen atoms in total. The maximum atomic E-state index is 9.36. The molecule has 2 aromatic rings. The summed E-state index contributed by atoms with van der Waals surface area (Å²) in [5.41, 5.74) is 2.90. The van der Waals surface area contributed by atoms with Gasteiger partial charge in [0.15, 0.2) is 0 Å². The summed E-state index contributed by atoms with van der Waals surface area (Å²) in [6.45, 7) is 0. The molecule has 0 unspecified atom stereocenters. The number of rotatable bonds is 4. The quantitative estimate of drug-likeness (QED) is 0.519. The number of oxime groups is 1. The molecule has 0 bridgehead atoms. The van der Waals surface area contributed by atoms with Crippen LogP contribution in [-0.4, -0.2) is 18.0 Å². The van der Waals surface area contributed by atoms with Crippen molar-refractivity contribution < 1.29 is 9.94 Å². The van der Waals surface area contributed by atoms with Gasteiger partial charge in [0, 0.05) is 10.9 Å². The van der Waals surface area contributed by atoms with E-state index in [1.54, 1.807) is 7.11 Å². The van der Waals surface area contributed by atoms with E-state index in [9.17, 15) is 5.21 Å². The number of hydrogen-bond acceptors (Lipinski definition) is 3. The number of halogens is 1. The number of hydrogen-bond donors (Lipinski definition) is 1. The van der Waals surface area contributed by atoms with E-state index in [0.29, 0.717) is 5.92 Å². The Morgan fingerprint density at radius 1 is 1.14 bits per heavy atom. The number of methoxy groups -OCH3 is 1. The Balaban J connectivity index is 1.78. The topological polar surface area (TPSA) is 41.8 Å². The SMILES string of the molecule is COc1ccc(/C(=N/O)[C@H]2C[C@@H]2c2ccc(Cl)cc2)cc1. The summed E-state index contributed by atoms with van der Waals surface area (Å²) in [6, 6.07) is 15.5. The number of ether oxygens (including phenoxy) is 1. The standard InChI is InChI=1S/C17H16ClNO2/c1-21-14-8-4-12(5-9-14)17(19-20)16-10-15(16)11-2-6-13(18)7-3-11/h2-9,15-16,20H,10H2,1H3/b19-17-/t15-,16+/m1/s1. The van der Waals surface area contributed by atoms with Gasteiger partial charge in [0.05, 0.1) is 12.8 Å². The predicted octanol–water partition coefficient (Wildman–Crippen LogP) is 4.33. The van der Waals surface area contributed by atoms with Crippen LogP contribution >= 0.6 is 11.6 Å². The minimum absolute atomic E-state index is 0.254. The van der Waals surface area contributed by atoms with Crippen LogP contribution in [0.4, 0.5) is 0 Å². The molecule has 1 fully saturated rings. The highest BCUT2D eigenvalue weighted by Crippen LogP contribution is 2.49. The summed E-state index contributed by atoms with van der Waals surface area (Å²) in [6.07, 6.45) is 0.993. The highest BCUT2D eigenvalue weighted by atomic mass is 35.5. The van der Waals surface area contributed by atoms with E-state index in [1.165, 1.54) is 5.56 Å². The van der Waals surface area contributed by atoms with E-state index in [4.69, 9.17) is 16.3 Å². The van der Waals surface area contributed by atoms with E-state index in [0.717, 1.165) is 28.5 Å². The van der Waals surface area contributed by atoms with Gasteiger partial charge < -0.3 is 9.94 Å². The molecule has 2 atom stereocenters. The van der Waals surface area contributed by atoms with Crippen molar-refractivity contribution in [2.24, 2.45) is 11.1 Å². The highest BCUT2D eigenvalue weighted by molar-refractivity contribution is 6.30. The zero-order valence-electron chi connectivity index (χ0n) is 11.7. The fourth-order valence-corrected chi connectivity index (χ4v) is 2.81. The third kappa shape index (κ3) is 2.88. The molecule has 0 amide bonds. The smallest absolute Gasteiger partial charge is 0.118 e. The molecule has 0 aromatic heterocycles. The Kier molecular flexibility index (Phi) is 3.84. The summed E-state index contributed by atoms with van der Waals surface area (Å²) in [5.74, 6) is 1.45. The third-order valence-electron chi connectivity index (χ3n) is 3.93. The van der Waals surface area contributed by atoms with Crippen LogP contribution in [0, 0.1) is 5.92 Å². The molecule has 2 aromatic carbocycles. The molecule has 1 aliphatic rings. The second kappa shape index (κ2) is 5.78. The van der Waals surface area contributed by atoms with Crippen molar-refractivity contribution in [3.63, 3.8) is 0 Å². The van der Waals surface area contributed by atoms with Gasteiger partial charge in [-0.3, -0.25) is 0 Å². The first-order valence-electron chi connectivity index (χ1n) is 6.84. The number of benzene rings is 2. The summed E-state index contributed by atoms with van der Waals surface area (Å²) in [7, 11) is 1.63. The molecule has 0 saturated heterocycles. The maximum Gasteiger partial charge on any atom is 0.118 e. The van der Waals surface area contributed by atoms with Crippen molar-refractivity contribution in [3.8, 4) is 5.75 Å². The van der Waals surface area contributed by atoms with Crippen LogP contribution in [0.15, 0.2) is 53.7 Å². The Bertz CT molecular complexity index is 649. The van der Waals surface area contributed by atoms with Crippen molar-refractivity contribution in [2.45, 2.75) is 12.3 Å². The molecule has 1 aliphatic carbocycles. The maximum absolute atomic E-state index is 9.36. The van der Waals surface area contributed by atoms with Gasteiger partial charge in [-0.25, -0.2) is 0 Å². The minimum atomic E-state index is 0.254. The lowest BCUT2D eigenvalue weighted by atomic mass is 10.0. The average molecular weight is 302 g/mol. The van der Waals surface area contributed by atoms with Gasteiger partial charge in [0.1, 0.15) is 5.75 Å². The lowest BCUT2D eigenvalue weighted by molar-refractivity contribution is 0.317. The fraction of sp³-hybridized carbons (Fsp3) is 0.235. The van der Waals surface area contributed by atoms with Crippen LogP contribution in [0.1, 0.15) is 23.5 Å². The monoisotopic (exact) mass is 301 g/mol.